The Bertz CT molecular complexity index is 595. The minimum Gasteiger partial charge on any atom is -0.494 e. The number of ketones is 1. The third-order valence-electron chi connectivity index (χ3n) is 2.66. The molecular weight excluding hydrogens is 282 g/mol. The first kappa shape index (κ1) is 16.6. The number of Topliss-reactive ketones (excluding diaryl/α,β-unsaturated/α-hetero) is 1. The molecule has 0 spiro atoms. The first-order valence-corrected chi connectivity index (χ1v) is 8.02. The van der Waals surface area contributed by atoms with Crippen molar-refractivity contribution < 1.29 is 22.1 Å². The maximum absolute atomic E-state index is 11.9. The van der Waals surface area contributed by atoms with Crippen LogP contribution in [0.5, 0.6) is 5.75 Å². The van der Waals surface area contributed by atoms with E-state index in [1.807, 2.05) is 6.92 Å². The predicted molar refractivity (Wildman–Crippen MR) is 74.6 cm³/mol. The van der Waals surface area contributed by atoms with Gasteiger partial charge in [0.1, 0.15) is 5.69 Å². The van der Waals surface area contributed by atoms with Crippen LogP contribution in [0, 0.1) is 6.92 Å². The number of pyridine rings is 1. The highest BCUT2D eigenvalue weighted by Crippen LogP contribution is 2.24. The van der Waals surface area contributed by atoms with Crippen LogP contribution in [0.4, 0.5) is 0 Å². The van der Waals surface area contributed by atoms with Gasteiger partial charge in [0.05, 0.1) is 20.0 Å². The Labute approximate surface area is 119 Å². The van der Waals surface area contributed by atoms with E-state index >= 15 is 0 Å². The molecule has 0 fully saturated rings. The van der Waals surface area contributed by atoms with Gasteiger partial charge in [0, 0.05) is 18.5 Å². The summed E-state index contributed by atoms with van der Waals surface area (Å²) in [5, 5.41) is 0. The van der Waals surface area contributed by atoms with Crippen LogP contribution in [0.15, 0.2) is 6.07 Å². The SMILES string of the molecule is CCC(=O)c1nc(CCOS(C)(=O)=O)cc(C)c1OC. The molecule has 1 heterocycles. The predicted octanol–water partition coefficient (Wildman–Crippen LogP) is 1.51. The van der Waals surface area contributed by atoms with Crippen molar-refractivity contribution in [2.24, 2.45) is 0 Å². The zero-order valence-electron chi connectivity index (χ0n) is 12.1. The highest BCUT2D eigenvalue weighted by molar-refractivity contribution is 7.85. The van der Waals surface area contributed by atoms with Gasteiger partial charge in [0.25, 0.3) is 10.1 Å². The Morgan fingerprint density at radius 1 is 1.40 bits per heavy atom. The lowest BCUT2D eigenvalue weighted by Gasteiger charge is -2.11. The number of ether oxygens (including phenoxy) is 1. The molecule has 112 valence electrons. The molecule has 1 aromatic rings. The average Bonchev–Trinajstić information content (AvgIpc) is 2.35. The molecule has 0 atom stereocenters. The monoisotopic (exact) mass is 301 g/mol. The highest BCUT2D eigenvalue weighted by Gasteiger charge is 2.16. The molecule has 0 saturated carbocycles. The van der Waals surface area contributed by atoms with Gasteiger partial charge in [-0.25, -0.2) is 4.98 Å². The molecule has 20 heavy (non-hydrogen) atoms. The number of hydrogen-bond donors (Lipinski definition) is 0. The molecule has 0 radical (unpaired) electrons. The van der Waals surface area contributed by atoms with Crippen molar-refractivity contribution in [1.82, 2.24) is 4.98 Å². The third-order valence-corrected chi connectivity index (χ3v) is 3.25. The van der Waals surface area contributed by atoms with E-state index < -0.39 is 10.1 Å². The number of methoxy groups -OCH3 is 1. The van der Waals surface area contributed by atoms with Crippen LogP contribution in [0.3, 0.4) is 0 Å². The van der Waals surface area contributed by atoms with Crippen LogP contribution in [-0.4, -0.2) is 39.2 Å². The Morgan fingerprint density at radius 2 is 2.05 bits per heavy atom. The van der Waals surface area contributed by atoms with Crippen LogP contribution < -0.4 is 4.74 Å². The van der Waals surface area contributed by atoms with Crippen molar-refractivity contribution in [1.29, 1.82) is 0 Å². The Balaban J connectivity index is 2.99. The molecular formula is C13H19NO5S. The summed E-state index contributed by atoms with van der Waals surface area (Å²) in [6, 6.07) is 1.76. The van der Waals surface area contributed by atoms with Gasteiger partial charge < -0.3 is 4.74 Å². The van der Waals surface area contributed by atoms with Crippen molar-refractivity contribution in [3.63, 3.8) is 0 Å². The summed E-state index contributed by atoms with van der Waals surface area (Å²) >= 11 is 0. The van der Waals surface area contributed by atoms with E-state index in [1.54, 1.807) is 13.0 Å². The van der Waals surface area contributed by atoms with E-state index in [0.717, 1.165) is 11.8 Å². The van der Waals surface area contributed by atoms with Crippen LogP contribution in [0.2, 0.25) is 0 Å². The van der Waals surface area contributed by atoms with E-state index in [-0.39, 0.29) is 18.1 Å². The molecule has 0 aliphatic rings. The van der Waals surface area contributed by atoms with Gasteiger partial charge >= 0.3 is 0 Å². The van der Waals surface area contributed by atoms with E-state index in [9.17, 15) is 13.2 Å². The minimum absolute atomic E-state index is 0.00262. The second-order valence-corrected chi connectivity index (χ2v) is 6.01. The molecule has 7 heteroatoms. The van der Waals surface area contributed by atoms with E-state index in [2.05, 4.69) is 9.17 Å². The second-order valence-electron chi connectivity index (χ2n) is 4.37. The zero-order valence-corrected chi connectivity index (χ0v) is 12.9. The molecule has 0 N–H and O–H groups in total. The standard InChI is InChI=1S/C13H19NO5S/c1-5-11(15)12-13(18-3)9(2)8-10(14-12)6-7-19-20(4,16)17/h8H,5-7H2,1-4H3. The fourth-order valence-corrected chi connectivity index (χ4v) is 2.15. The molecule has 0 aliphatic heterocycles. The van der Waals surface area contributed by atoms with Crippen LogP contribution in [0.1, 0.15) is 35.1 Å². The largest absolute Gasteiger partial charge is 0.494 e. The molecule has 0 bridgehead atoms. The summed E-state index contributed by atoms with van der Waals surface area (Å²) in [6.45, 7) is 3.56. The molecule has 1 rings (SSSR count). The first-order valence-electron chi connectivity index (χ1n) is 6.20. The minimum atomic E-state index is -3.47. The number of aromatic nitrogens is 1. The van der Waals surface area contributed by atoms with Gasteiger partial charge in [0.15, 0.2) is 11.5 Å². The smallest absolute Gasteiger partial charge is 0.264 e. The van der Waals surface area contributed by atoms with Gasteiger partial charge in [0.2, 0.25) is 0 Å². The van der Waals surface area contributed by atoms with Gasteiger partial charge in [-0.15, -0.1) is 0 Å². The van der Waals surface area contributed by atoms with Crippen LogP contribution in [0.25, 0.3) is 0 Å². The Kier molecular flexibility index (Phi) is 5.64. The van der Waals surface area contributed by atoms with Gasteiger partial charge in [-0.05, 0) is 18.6 Å². The van der Waals surface area contributed by atoms with Crippen molar-refractivity contribution in [3.05, 3.63) is 23.0 Å². The van der Waals surface area contributed by atoms with Crippen molar-refractivity contribution >= 4 is 15.9 Å². The van der Waals surface area contributed by atoms with Gasteiger partial charge in [-0.2, -0.15) is 8.42 Å². The number of aryl methyl sites for hydroxylation is 1. The molecule has 6 nitrogen and oxygen atoms in total. The Hall–Kier alpha value is -1.47. The van der Waals surface area contributed by atoms with E-state index in [0.29, 0.717) is 24.3 Å². The van der Waals surface area contributed by atoms with E-state index in [1.165, 1.54) is 7.11 Å². The van der Waals surface area contributed by atoms with Gasteiger partial charge in [-0.3, -0.25) is 8.98 Å². The number of hydrogen-bond acceptors (Lipinski definition) is 6. The maximum Gasteiger partial charge on any atom is 0.264 e. The maximum atomic E-state index is 11.9. The lowest BCUT2D eigenvalue weighted by atomic mass is 10.1. The number of nitrogens with zero attached hydrogens (tertiary/aromatic N) is 1. The highest BCUT2D eigenvalue weighted by atomic mass is 32.2. The molecule has 0 amide bonds. The number of carbonyl (C=O) groups excluding carboxylic acids is 1. The average molecular weight is 301 g/mol. The lowest BCUT2D eigenvalue weighted by Crippen LogP contribution is -2.11. The third kappa shape index (κ3) is 4.57. The number of rotatable bonds is 7. The van der Waals surface area contributed by atoms with Crippen molar-refractivity contribution in [3.8, 4) is 5.75 Å². The second kappa shape index (κ2) is 6.81. The molecule has 0 aromatic carbocycles. The molecule has 0 saturated heterocycles. The van der Waals surface area contributed by atoms with E-state index in [4.69, 9.17) is 4.74 Å². The summed E-state index contributed by atoms with van der Waals surface area (Å²) in [4.78, 5) is 16.1. The lowest BCUT2D eigenvalue weighted by molar-refractivity contribution is 0.0979. The van der Waals surface area contributed by atoms with Crippen LogP contribution >= 0.6 is 0 Å². The molecule has 0 unspecified atom stereocenters. The number of carbonyl (C=O) groups is 1. The zero-order chi connectivity index (χ0) is 15.3. The van der Waals surface area contributed by atoms with Gasteiger partial charge in [-0.1, -0.05) is 6.92 Å². The fraction of sp³-hybridized carbons (Fsp3) is 0.538. The normalized spacial score (nSPS) is 11.4. The summed E-state index contributed by atoms with van der Waals surface area (Å²) in [6.07, 6.45) is 1.62. The Morgan fingerprint density at radius 3 is 2.55 bits per heavy atom. The van der Waals surface area contributed by atoms with Crippen LogP contribution in [-0.2, 0) is 20.7 Å². The summed E-state index contributed by atoms with van der Waals surface area (Å²) in [5.41, 5.74) is 1.67. The summed E-state index contributed by atoms with van der Waals surface area (Å²) in [7, 11) is -1.98. The summed E-state index contributed by atoms with van der Waals surface area (Å²) in [5.74, 6) is 0.348. The quantitative estimate of drug-likeness (QED) is 0.561. The topological polar surface area (TPSA) is 82.6 Å². The molecule has 0 aliphatic carbocycles. The molecule has 1 aromatic heterocycles. The van der Waals surface area contributed by atoms with Crippen molar-refractivity contribution in [2.75, 3.05) is 20.0 Å². The summed E-state index contributed by atoms with van der Waals surface area (Å²) < 4.78 is 31.7. The first-order chi connectivity index (χ1) is 9.28. The fourth-order valence-electron chi connectivity index (χ4n) is 1.77. The van der Waals surface area contributed by atoms with Crippen molar-refractivity contribution in [2.45, 2.75) is 26.7 Å².